The van der Waals surface area contributed by atoms with Crippen molar-refractivity contribution >= 4 is 11.3 Å². The molecule has 1 atom stereocenters. The summed E-state index contributed by atoms with van der Waals surface area (Å²) in [6.45, 7) is 0. The lowest BCUT2D eigenvalue weighted by Gasteiger charge is -2.05. The minimum Gasteiger partial charge on any atom is -0.363 e. The van der Waals surface area contributed by atoms with Gasteiger partial charge in [-0.15, -0.1) is 11.3 Å². The number of aromatic amines is 1. The second-order valence-corrected chi connectivity index (χ2v) is 3.60. The Morgan fingerprint density at radius 2 is 2.25 bits per heavy atom. The van der Waals surface area contributed by atoms with Crippen molar-refractivity contribution in [1.82, 2.24) is 4.98 Å². The SMILES string of the molecule is N[C@H](c1ccc[nH]1)c1cccs1. The van der Waals surface area contributed by atoms with Gasteiger partial charge in [0.1, 0.15) is 0 Å². The van der Waals surface area contributed by atoms with E-state index in [2.05, 4.69) is 11.1 Å². The summed E-state index contributed by atoms with van der Waals surface area (Å²) in [4.78, 5) is 4.30. The molecule has 0 bridgehead atoms. The maximum absolute atomic E-state index is 5.98. The Balaban J connectivity index is 2.27. The van der Waals surface area contributed by atoms with Crippen molar-refractivity contribution in [2.75, 3.05) is 0 Å². The molecule has 0 amide bonds. The minimum absolute atomic E-state index is 0.000000000000000666. The third-order valence-corrected chi connectivity index (χ3v) is 2.76. The van der Waals surface area contributed by atoms with E-state index in [-0.39, 0.29) is 6.04 Å². The van der Waals surface area contributed by atoms with Gasteiger partial charge in [0.25, 0.3) is 0 Å². The summed E-state index contributed by atoms with van der Waals surface area (Å²) >= 11 is 1.68. The van der Waals surface area contributed by atoms with E-state index in [9.17, 15) is 0 Å². The summed E-state index contributed by atoms with van der Waals surface area (Å²) in [7, 11) is 0. The summed E-state index contributed by atoms with van der Waals surface area (Å²) in [5, 5.41) is 2.04. The van der Waals surface area contributed by atoms with Crippen LogP contribution in [0.2, 0.25) is 0 Å². The molecule has 0 saturated carbocycles. The van der Waals surface area contributed by atoms with Crippen LogP contribution in [0.15, 0.2) is 35.8 Å². The molecule has 0 aliphatic heterocycles. The van der Waals surface area contributed by atoms with Crippen LogP contribution in [0.25, 0.3) is 0 Å². The van der Waals surface area contributed by atoms with Crippen molar-refractivity contribution in [2.24, 2.45) is 5.73 Å². The molecular weight excluding hydrogens is 168 g/mol. The Hall–Kier alpha value is -1.06. The predicted molar refractivity (Wildman–Crippen MR) is 51.1 cm³/mol. The zero-order valence-electron chi connectivity index (χ0n) is 6.53. The molecule has 2 rings (SSSR count). The molecule has 2 aromatic heterocycles. The molecular formula is C9H10N2S. The van der Waals surface area contributed by atoms with Gasteiger partial charge in [-0.1, -0.05) is 6.07 Å². The van der Waals surface area contributed by atoms with Crippen LogP contribution in [0, 0.1) is 0 Å². The molecule has 3 N–H and O–H groups in total. The van der Waals surface area contributed by atoms with Crippen LogP contribution in [0.4, 0.5) is 0 Å². The summed E-state index contributed by atoms with van der Waals surface area (Å²) in [5.41, 5.74) is 7.05. The lowest BCUT2D eigenvalue weighted by molar-refractivity contribution is 0.858. The normalized spacial score (nSPS) is 13.1. The zero-order valence-corrected chi connectivity index (χ0v) is 7.34. The second kappa shape index (κ2) is 3.13. The molecule has 2 aromatic rings. The number of H-pyrrole nitrogens is 1. The van der Waals surface area contributed by atoms with Crippen molar-refractivity contribution in [2.45, 2.75) is 6.04 Å². The van der Waals surface area contributed by atoms with Crippen molar-refractivity contribution in [3.8, 4) is 0 Å². The topological polar surface area (TPSA) is 41.8 Å². The van der Waals surface area contributed by atoms with Crippen LogP contribution < -0.4 is 5.73 Å². The minimum atomic E-state index is -0.000000000000000666. The Morgan fingerprint density at radius 3 is 2.83 bits per heavy atom. The van der Waals surface area contributed by atoms with Crippen molar-refractivity contribution in [3.63, 3.8) is 0 Å². The van der Waals surface area contributed by atoms with Gasteiger partial charge in [-0.2, -0.15) is 0 Å². The highest BCUT2D eigenvalue weighted by Gasteiger charge is 2.09. The molecule has 0 aliphatic carbocycles. The lowest BCUT2D eigenvalue weighted by atomic mass is 10.2. The first-order valence-corrected chi connectivity index (χ1v) is 4.68. The zero-order chi connectivity index (χ0) is 8.39. The number of thiophene rings is 1. The van der Waals surface area contributed by atoms with Crippen molar-refractivity contribution < 1.29 is 0 Å². The smallest absolute Gasteiger partial charge is 0.0797 e. The summed E-state index contributed by atoms with van der Waals surface area (Å²) < 4.78 is 0. The Labute approximate surface area is 75.0 Å². The monoisotopic (exact) mass is 178 g/mol. The first-order chi connectivity index (χ1) is 5.88. The third-order valence-electron chi connectivity index (χ3n) is 1.81. The lowest BCUT2D eigenvalue weighted by Crippen LogP contribution is -2.10. The molecule has 0 aromatic carbocycles. The summed E-state index contributed by atoms with van der Waals surface area (Å²) in [6, 6.07) is 8.03. The van der Waals surface area contributed by atoms with Gasteiger partial charge in [-0.25, -0.2) is 0 Å². The van der Waals surface area contributed by atoms with Crippen LogP contribution in [0.5, 0.6) is 0 Å². The molecule has 2 heterocycles. The van der Waals surface area contributed by atoms with Gasteiger partial charge < -0.3 is 10.7 Å². The van der Waals surface area contributed by atoms with Crippen molar-refractivity contribution in [1.29, 1.82) is 0 Å². The van der Waals surface area contributed by atoms with Crippen molar-refractivity contribution in [3.05, 3.63) is 46.4 Å². The molecule has 0 saturated heterocycles. The van der Waals surface area contributed by atoms with E-state index in [1.165, 1.54) is 4.88 Å². The third kappa shape index (κ3) is 1.29. The van der Waals surface area contributed by atoms with E-state index in [0.717, 1.165) is 5.69 Å². The molecule has 0 unspecified atom stereocenters. The van der Waals surface area contributed by atoms with E-state index in [4.69, 9.17) is 5.73 Å². The fraction of sp³-hybridized carbons (Fsp3) is 0.111. The molecule has 12 heavy (non-hydrogen) atoms. The Bertz CT molecular complexity index is 289. The Kier molecular flexibility index (Phi) is 1.98. The van der Waals surface area contributed by atoms with Crippen LogP contribution in [0.3, 0.4) is 0 Å². The highest BCUT2D eigenvalue weighted by Crippen LogP contribution is 2.21. The highest BCUT2D eigenvalue weighted by molar-refractivity contribution is 7.10. The number of hydrogen-bond donors (Lipinski definition) is 2. The van der Waals surface area contributed by atoms with E-state index in [1.807, 2.05) is 29.8 Å². The van der Waals surface area contributed by atoms with E-state index in [1.54, 1.807) is 11.3 Å². The molecule has 0 aliphatic rings. The average Bonchev–Trinajstić information content (AvgIpc) is 2.77. The first kappa shape index (κ1) is 7.58. The number of nitrogens with two attached hydrogens (primary N) is 1. The quantitative estimate of drug-likeness (QED) is 0.726. The van der Waals surface area contributed by atoms with Gasteiger partial charge in [0.2, 0.25) is 0 Å². The van der Waals surface area contributed by atoms with Crippen LogP contribution in [0.1, 0.15) is 16.6 Å². The van der Waals surface area contributed by atoms with Crippen LogP contribution in [-0.4, -0.2) is 4.98 Å². The van der Waals surface area contributed by atoms with E-state index < -0.39 is 0 Å². The maximum Gasteiger partial charge on any atom is 0.0797 e. The largest absolute Gasteiger partial charge is 0.363 e. The van der Waals surface area contributed by atoms with E-state index >= 15 is 0 Å². The maximum atomic E-state index is 5.98. The Morgan fingerprint density at radius 1 is 1.33 bits per heavy atom. The van der Waals surface area contributed by atoms with Gasteiger partial charge in [0, 0.05) is 16.8 Å². The summed E-state index contributed by atoms with van der Waals surface area (Å²) in [5.74, 6) is 0. The molecule has 0 fully saturated rings. The van der Waals surface area contributed by atoms with Crippen LogP contribution in [-0.2, 0) is 0 Å². The van der Waals surface area contributed by atoms with Gasteiger partial charge in [0.05, 0.1) is 6.04 Å². The molecule has 3 heteroatoms. The molecule has 0 spiro atoms. The molecule has 62 valence electrons. The standard InChI is InChI=1S/C9H10N2S/c10-9(7-3-1-5-11-7)8-4-2-6-12-8/h1-6,9,11H,10H2/t9-/m1/s1. The summed E-state index contributed by atoms with van der Waals surface area (Å²) in [6.07, 6.45) is 1.89. The second-order valence-electron chi connectivity index (χ2n) is 2.62. The highest BCUT2D eigenvalue weighted by atomic mass is 32.1. The average molecular weight is 178 g/mol. The van der Waals surface area contributed by atoms with Gasteiger partial charge in [-0.05, 0) is 23.6 Å². The molecule has 2 nitrogen and oxygen atoms in total. The van der Waals surface area contributed by atoms with Gasteiger partial charge >= 0.3 is 0 Å². The van der Waals surface area contributed by atoms with E-state index in [0.29, 0.717) is 0 Å². The molecule has 0 radical (unpaired) electrons. The number of rotatable bonds is 2. The van der Waals surface area contributed by atoms with Gasteiger partial charge in [-0.3, -0.25) is 0 Å². The predicted octanol–water partition coefficient (Wildman–Crippen LogP) is 2.12. The number of aromatic nitrogens is 1. The van der Waals surface area contributed by atoms with Gasteiger partial charge in [0.15, 0.2) is 0 Å². The number of hydrogen-bond acceptors (Lipinski definition) is 2. The first-order valence-electron chi connectivity index (χ1n) is 3.80. The fourth-order valence-corrected chi connectivity index (χ4v) is 1.90. The fourth-order valence-electron chi connectivity index (χ4n) is 1.16. The van der Waals surface area contributed by atoms with Crippen LogP contribution >= 0.6 is 11.3 Å². The number of nitrogens with one attached hydrogen (secondary N) is 1.